The highest BCUT2D eigenvalue weighted by molar-refractivity contribution is 6.01. The molecular formula is C20H24F2N2O4. The number of hydrogen-bond acceptors (Lipinski definition) is 5. The maximum Gasteiger partial charge on any atom is 0.311 e. The maximum atomic E-state index is 14.7. The molecule has 0 spiro atoms. The van der Waals surface area contributed by atoms with E-state index in [0.717, 1.165) is 0 Å². The van der Waals surface area contributed by atoms with Crippen LogP contribution < -0.4 is 10.2 Å². The number of carbonyl (C=O) groups excluding carboxylic acids is 3. The van der Waals surface area contributed by atoms with Crippen LogP contribution in [0.5, 0.6) is 0 Å². The highest BCUT2D eigenvalue weighted by Gasteiger charge is 2.35. The largest absolute Gasteiger partial charge is 0.460 e. The highest BCUT2D eigenvalue weighted by atomic mass is 19.1. The van der Waals surface area contributed by atoms with Crippen LogP contribution in [0.25, 0.3) is 0 Å². The quantitative estimate of drug-likeness (QED) is 0.630. The zero-order valence-corrected chi connectivity index (χ0v) is 16.2. The van der Waals surface area contributed by atoms with E-state index in [4.69, 9.17) is 4.74 Å². The first-order chi connectivity index (χ1) is 13.0. The monoisotopic (exact) mass is 394 g/mol. The number of ether oxygens (including phenoxy) is 1. The van der Waals surface area contributed by atoms with Gasteiger partial charge in [0.25, 0.3) is 0 Å². The number of nitrogens with zero attached hydrogens (tertiary/aromatic N) is 1. The number of amides is 2. The molecule has 0 aromatic heterocycles. The van der Waals surface area contributed by atoms with E-state index in [1.807, 2.05) is 0 Å². The van der Waals surface area contributed by atoms with Gasteiger partial charge in [-0.15, -0.1) is 0 Å². The number of hydrogen-bond donors (Lipinski definition) is 1. The molecule has 2 fully saturated rings. The minimum Gasteiger partial charge on any atom is -0.460 e. The van der Waals surface area contributed by atoms with Gasteiger partial charge in [0.2, 0.25) is 11.8 Å². The molecule has 2 atom stereocenters. The summed E-state index contributed by atoms with van der Waals surface area (Å²) in [7, 11) is 0. The fourth-order valence-corrected chi connectivity index (χ4v) is 3.63. The van der Waals surface area contributed by atoms with Crippen molar-refractivity contribution in [1.82, 2.24) is 5.32 Å². The smallest absolute Gasteiger partial charge is 0.311 e. The Kier molecular flexibility index (Phi) is 5.41. The van der Waals surface area contributed by atoms with Crippen molar-refractivity contribution in [3.63, 3.8) is 0 Å². The van der Waals surface area contributed by atoms with Crippen molar-refractivity contribution in [1.29, 1.82) is 0 Å². The predicted octanol–water partition coefficient (Wildman–Crippen LogP) is 2.65. The third kappa shape index (κ3) is 4.31. The molecule has 6 nitrogen and oxygen atoms in total. The first-order valence-electron chi connectivity index (χ1n) is 9.35. The normalized spacial score (nSPS) is 23.0. The molecule has 0 aliphatic carbocycles. The molecule has 3 rings (SSSR count). The summed E-state index contributed by atoms with van der Waals surface area (Å²) in [5.74, 6) is -4.50. The minimum absolute atomic E-state index is 0.0424. The number of halogens is 2. The second-order valence-electron chi connectivity index (χ2n) is 8.29. The Morgan fingerprint density at radius 2 is 1.82 bits per heavy atom. The lowest BCUT2D eigenvalue weighted by molar-refractivity contribution is -0.159. The second-order valence-corrected chi connectivity index (χ2v) is 8.29. The van der Waals surface area contributed by atoms with Crippen molar-refractivity contribution in [2.45, 2.75) is 51.6 Å². The molecule has 1 N–H and O–H groups in total. The number of piperidine rings is 1. The van der Waals surface area contributed by atoms with E-state index < -0.39 is 35.0 Å². The van der Waals surface area contributed by atoms with Crippen molar-refractivity contribution >= 4 is 23.5 Å². The van der Waals surface area contributed by atoms with Crippen LogP contribution in [-0.2, 0) is 19.1 Å². The van der Waals surface area contributed by atoms with Gasteiger partial charge < -0.3 is 9.64 Å². The van der Waals surface area contributed by atoms with Gasteiger partial charge in [-0.25, -0.2) is 8.78 Å². The zero-order valence-electron chi connectivity index (χ0n) is 16.2. The molecule has 0 saturated carbocycles. The number of benzene rings is 1. The molecule has 2 heterocycles. The van der Waals surface area contributed by atoms with Crippen LogP contribution in [0.15, 0.2) is 12.1 Å². The summed E-state index contributed by atoms with van der Waals surface area (Å²) in [6, 6.07) is 2.36. The lowest BCUT2D eigenvalue weighted by Gasteiger charge is -2.25. The Hall–Kier alpha value is -2.51. The molecule has 152 valence electrons. The minimum atomic E-state index is -1.03. The molecule has 2 amide bonds. The Morgan fingerprint density at radius 1 is 1.18 bits per heavy atom. The summed E-state index contributed by atoms with van der Waals surface area (Å²) in [4.78, 5) is 37.2. The lowest BCUT2D eigenvalue weighted by atomic mass is 9.89. The van der Waals surface area contributed by atoms with E-state index in [2.05, 4.69) is 5.32 Å². The van der Waals surface area contributed by atoms with Crippen molar-refractivity contribution in [3.8, 4) is 0 Å². The van der Waals surface area contributed by atoms with Crippen LogP contribution >= 0.6 is 0 Å². The topological polar surface area (TPSA) is 75.7 Å². The summed E-state index contributed by atoms with van der Waals surface area (Å²) in [5, 5.41) is 2.12. The maximum absolute atomic E-state index is 14.7. The number of rotatable bonds is 3. The number of carbonyl (C=O) groups is 3. The molecule has 1 aromatic rings. The molecule has 28 heavy (non-hydrogen) atoms. The van der Waals surface area contributed by atoms with Crippen LogP contribution in [0.3, 0.4) is 0 Å². The number of nitrogens with one attached hydrogen (secondary N) is 1. The number of imide groups is 1. The fraction of sp³-hybridized carbons (Fsp3) is 0.550. The Labute approximate surface area is 162 Å². The van der Waals surface area contributed by atoms with Crippen LogP contribution in [0, 0.1) is 17.6 Å². The van der Waals surface area contributed by atoms with E-state index >= 15 is 0 Å². The molecule has 0 unspecified atom stereocenters. The van der Waals surface area contributed by atoms with E-state index in [9.17, 15) is 23.2 Å². The standard InChI is InChI=1S/C20H24F2N2O4/c1-20(2,3)28-19(27)11-6-7-24(10-11)12-8-14(21)17(15(22)9-12)13-4-5-16(25)23-18(13)26/h8-9,11,13H,4-7,10H2,1-3H3,(H,23,25,26)/t11-,13+/m1/s1. The summed E-state index contributed by atoms with van der Waals surface area (Å²) in [6.07, 6.45) is 0.649. The third-order valence-electron chi connectivity index (χ3n) is 4.94. The lowest BCUT2D eigenvalue weighted by Crippen LogP contribution is -2.40. The summed E-state index contributed by atoms with van der Waals surface area (Å²) in [6.45, 7) is 6.15. The molecule has 8 heteroatoms. The van der Waals surface area contributed by atoms with Gasteiger partial charge in [-0.3, -0.25) is 19.7 Å². The first-order valence-corrected chi connectivity index (χ1v) is 9.35. The van der Waals surface area contributed by atoms with Crippen molar-refractivity contribution in [2.75, 3.05) is 18.0 Å². The van der Waals surface area contributed by atoms with Gasteiger partial charge in [0.05, 0.1) is 11.8 Å². The van der Waals surface area contributed by atoms with E-state index in [0.29, 0.717) is 25.2 Å². The molecule has 1 aromatic carbocycles. The van der Waals surface area contributed by atoms with Crippen molar-refractivity contribution < 1.29 is 27.9 Å². The Morgan fingerprint density at radius 3 is 2.39 bits per heavy atom. The highest BCUT2D eigenvalue weighted by Crippen LogP contribution is 2.34. The van der Waals surface area contributed by atoms with Crippen LogP contribution in [0.2, 0.25) is 0 Å². The van der Waals surface area contributed by atoms with Crippen LogP contribution in [0.4, 0.5) is 14.5 Å². The van der Waals surface area contributed by atoms with E-state index in [-0.39, 0.29) is 30.3 Å². The summed E-state index contributed by atoms with van der Waals surface area (Å²) < 4.78 is 34.7. The second kappa shape index (κ2) is 7.48. The average Bonchev–Trinajstić information content (AvgIpc) is 3.04. The van der Waals surface area contributed by atoms with Gasteiger partial charge in [0, 0.05) is 30.8 Å². The number of esters is 1. The molecule has 0 bridgehead atoms. The predicted molar refractivity (Wildman–Crippen MR) is 97.6 cm³/mol. The average molecular weight is 394 g/mol. The van der Waals surface area contributed by atoms with Gasteiger partial charge in [-0.1, -0.05) is 0 Å². The fourth-order valence-electron chi connectivity index (χ4n) is 3.63. The van der Waals surface area contributed by atoms with Gasteiger partial charge in [-0.2, -0.15) is 0 Å². The van der Waals surface area contributed by atoms with Crippen LogP contribution in [0.1, 0.15) is 51.5 Å². The molecule has 2 aliphatic rings. The Bertz CT molecular complexity index is 796. The zero-order chi connectivity index (χ0) is 20.6. The van der Waals surface area contributed by atoms with E-state index in [1.165, 1.54) is 12.1 Å². The van der Waals surface area contributed by atoms with E-state index in [1.54, 1.807) is 25.7 Å². The SMILES string of the molecule is CC(C)(C)OC(=O)[C@@H]1CCN(c2cc(F)c([C@@H]3CCC(=O)NC3=O)c(F)c2)C1. The molecular weight excluding hydrogens is 370 g/mol. The van der Waals surface area contributed by atoms with Gasteiger partial charge >= 0.3 is 5.97 Å². The van der Waals surface area contributed by atoms with Gasteiger partial charge in [0.15, 0.2) is 0 Å². The van der Waals surface area contributed by atoms with Crippen molar-refractivity contribution in [3.05, 3.63) is 29.3 Å². The molecule has 2 saturated heterocycles. The first kappa shape index (κ1) is 20.2. The number of anilines is 1. The third-order valence-corrected chi connectivity index (χ3v) is 4.94. The van der Waals surface area contributed by atoms with Crippen LogP contribution in [-0.4, -0.2) is 36.5 Å². The van der Waals surface area contributed by atoms with Gasteiger partial charge in [0.1, 0.15) is 17.2 Å². The van der Waals surface area contributed by atoms with Crippen molar-refractivity contribution in [2.24, 2.45) is 5.92 Å². The van der Waals surface area contributed by atoms with Gasteiger partial charge in [-0.05, 0) is 45.7 Å². The molecule has 0 radical (unpaired) electrons. The molecule has 2 aliphatic heterocycles. The summed E-state index contributed by atoms with van der Waals surface area (Å²) >= 11 is 0. The summed E-state index contributed by atoms with van der Waals surface area (Å²) in [5.41, 5.74) is -0.597. The Balaban J connectivity index is 1.75.